The van der Waals surface area contributed by atoms with Gasteiger partial charge in [-0.1, -0.05) is 36.4 Å². The third-order valence-electron chi connectivity index (χ3n) is 6.58. The fraction of sp³-hybridized carbons (Fsp3) is 0.385. The van der Waals surface area contributed by atoms with E-state index in [1.165, 1.54) is 11.3 Å². The van der Waals surface area contributed by atoms with Crippen LogP contribution in [0.5, 0.6) is 0 Å². The van der Waals surface area contributed by atoms with Crippen LogP contribution in [0, 0.1) is 0 Å². The summed E-state index contributed by atoms with van der Waals surface area (Å²) in [7, 11) is 0. The van der Waals surface area contributed by atoms with Gasteiger partial charge in [0.15, 0.2) is 0 Å². The molecule has 6 heteroatoms. The first-order chi connectivity index (χ1) is 15.7. The highest BCUT2D eigenvalue weighted by Gasteiger charge is 2.24. The number of carbonyl (C=O) groups is 1. The Morgan fingerprint density at radius 1 is 1.00 bits per heavy atom. The van der Waals surface area contributed by atoms with E-state index in [9.17, 15) is 9.90 Å². The number of piperazine rings is 1. The number of pyridine rings is 1. The molecule has 3 aromatic rings. The molecule has 6 nitrogen and oxygen atoms in total. The monoisotopic (exact) mass is 430 g/mol. The van der Waals surface area contributed by atoms with E-state index in [1.807, 2.05) is 47.4 Å². The first kappa shape index (κ1) is 20.9. The van der Waals surface area contributed by atoms with E-state index in [-0.39, 0.29) is 5.91 Å². The largest absolute Gasteiger partial charge is 0.390 e. The van der Waals surface area contributed by atoms with Crippen molar-refractivity contribution in [3.63, 3.8) is 0 Å². The minimum atomic E-state index is -0.477. The second kappa shape index (κ2) is 9.27. The van der Waals surface area contributed by atoms with Crippen LogP contribution in [0.15, 0.2) is 54.6 Å². The zero-order valence-electron chi connectivity index (χ0n) is 18.3. The van der Waals surface area contributed by atoms with Gasteiger partial charge in [0.2, 0.25) is 0 Å². The Labute approximate surface area is 188 Å². The number of fused-ring (bicyclic) bond motifs is 2. The molecule has 0 spiro atoms. The minimum Gasteiger partial charge on any atom is -0.390 e. The molecule has 2 aromatic carbocycles. The number of aliphatic hydroxyl groups is 1. The Morgan fingerprint density at radius 2 is 1.75 bits per heavy atom. The fourth-order valence-electron chi connectivity index (χ4n) is 4.89. The average molecular weight is 431 g/mol. The molecular weight excluding hydrogens is 400 g/mol. The van der Waals surface area contributed by atoms with E-state index in [0.29, 0.717) is 26.2 Å². The van der Waals surface area contributed by atoms with Gasteiger partial charge >= 0.3 is 0 Å². The van der Waals surface area contributed by atoms with Crippen molar-refractivity contribution in [1.82, 2.24) is 14.8 Å². The molecule has 1 aliphatic heterocycles. The van der Waals surface area contributed by atoms with Crippen LogP contribution < -0.4 is 5.32 Å². The summed E-state index contributed by atoms with van der Waals surface area (Å²) in [5.74, 6) is 0.0888. The lowest BCUT2D eigenvalue weighted by Gasteiger charge is -2.35. The summed E-state index contributed by atoms with van der Waals surface area (Å²) in [5.41, 5.74) is 5.40. The maximum absolute atomic E-state index is 12.6. The van der Waals surface area contributed by atoms with Crippen molar-refractivity contribution in [2.24, 2.45) is 0 Å². The van der Waals surface area contributed by atoms with Crippen molar-refractivity contribution < 1.29 is 9.90 Å². The van der Waals surface area contributed by atoms with Gasteiger partial charge in [-0.3, -0.25) is 14.7 Å². The number of nitrogens with one attached hydrogen (secondary N) is 1. The number of amides is 1. The summed E-state index contributed by atoms with van der Waals surface area (Å²) < 4.78 is 0. The number of carbonyl (C=O) groups excluding carboxylic acids is 1. The maximum atomic E-state index is 12.6. The van der Waals surface area contributed by atoms with Gasteiger partial charge in [-0.15, -0.1) is 0 Å². The predicted octanol–water partition coefficient (Wildman–Crippen LogP) is 2.95. The third-order valence-corrected chi connectivity index (χ3v) is 6.58. The van der Waals surface area contributed by atoms with Gasteiger partial charge < -0.3 is 15.3 Å². The van der Waals surface area contributed by atoms with E-state index >= 15 is 0 Å². The highest BCUT2D eigenvalue weighted by Crippen LogP contribution is 2.33. The molecule has 0 bridgehead atoms. The first-order valence-corrected chi connectivity index (χ1v) is 11.6. The molecule has 1 atom stereocenters. The molecule has 1 fully saturated rings. The number of hydrogen-bond acceptors (Lipinski definition) is 5. The zero-order chi connectivity index (χ0) is 21.9. The number of hydrogen-bond donors (Lipinski definition) is 2. The highest BCUT2D eigenvalue weighted by atomic mass is 16.3. The minimum absolute atomic E-state index is 0.0888. The van der Waals surface area contributed by atoms with Crippen LogP contribution in [0.2, 0.25) is 0 Å². The molecule has 0 saturated carbocycles. The first-order valence-electron chi connectivity index (χ1n) is 11.6. The molecule has 2 heterocycles. The van der Waals surface area contributed by atoms with E-state index in [2.05, 4.69) is 22.3 Å². The normalized spacial score (nSPS) is 17.3. The molecule has 1 aromatic heterocycles. The Morgan fingerprint density at radius 3 is 2.56 bits per heavy atom. The Balaban J connectivity index is 1.17. The molecule has 1 amide bonds. The van der Waals surface area contributed by atoms with Crippen LogP contribution in [-0.2, 0) is 12.8 Å². The number of anilines is 1. The number of aromatic nitrogens is 1. The van der Waals surface area contributed by atoms with Gasteiger partial charge in [-0.05, 0) is 43.0 Å². The molecule has 1 unspecified atom stereocenters. The molecule has 2 N–H and O–H groups in total. The highest BCUT2D eigenvalue weighted by molar-refractivity contribution is 5.94. The molecule has 32 heavy (non-hydrogen) atoms. The van der Waals surface area contributed by atoms with Crippen LogP contribution in [-0.4, -0.2) is 71.2 Å². The van der Waals surface area contributed by atoms with Crippen molar-refractivity contribution in [2.75, 3.05) is 44.6 Å². The molecule has 0 radical (unpaired) electrons. The fourth-order valence-corrected chi connectivity index (χ4v) is 4.89. The van der Waals surface area contributed by atoms with E-state index in [0.717, 1.165) is 54.5 Å². The Hall–Kier alpha value is -2.96. The summed E-state index contributed by atoms with van der Waals surface area (Å²) in [6.45, 7) is 4.05. The van der Waals surface area contributed by atoms with Crippen LogP contribution in [0.4, 0.5) is 5.69 Å². The van der Waals surface area contributed by atoms with E-state index < -0.39 is 6.10 Å². The van der Waals surface area contributed by atoms with Crippen LogP contribution in [0.25, 0.3) is 10.9 Å². The van der Waals surface area contributed by atoms with Gasteiger partial charge in [0.05, 0.1) is 11.6 Å². The number of para-hydroxylation sites is 1. The smallest absolute Gasteiger partial charge is 0.253 e. The molecule has 2 aliphatic rings. The van der Waals surface area contributed by atoms with Crippen LogP contribution in [0.1, 0.15) is 28.0 Å². The lowest BCUT2D eigenvalue weighted by molar-refractivity contribution is 0.0547. The van der Waals surface area contributed by atoms with Gasteiger partial charge in [-0.25, -0.2) is 0 Å². The number of β-amino-alcohol motifs (C(OH)–C–C–N with tert-alkyl or cyclic N) is 1. The summed E-state index contributed by atoms with van der Waals surface area (Å²) >= 11 is 0. The van der Waals surface area contributed by atoms with Gasteiger partial charge in [-0.2, -0.15) is 0 Å². The lowest BCUT2D eigenvalue weighted by atomic mass is 10.1. The van der Waals surface area contributed by atoms with E-state index in [1.54, 1.807) is 0 Å². The Bertz CT molecular complexity index is 1090. The predicted molar refractivity (Wildman–Crippen MR) is 127 cm³/mol. The molecular formula is C26H30N4O2. The quantitative estimate of drug-likeness (QED) is 0.629. The van der Waals surface area contributed by atoms with Crippen molar-refractivity contribution in [2.45, 2.75) is 25.4 Å². The lowest BCUT2D eigenvalue weighted by Crippen LogP contribution is -2.51. The van der Waals surface area contributed by atoms with Crippen molar-refractivity contribution in [3.05, 3.63) is 71.4 Å². The topological polar surface area (TPSA) is 68.7 Å². The number of rotatable bonds is 6. The van der Waals surface area contributed by atoms with Gasteiger partial charge in [0, 0.05) is 61.6 Å². The molecule has 1 saturated heterocycles. The third kappa shape index (κ3) is 4.33. The van der Waals surface area contributed by atoms with Gasteiger partial charge in [0.25, 0.3) is 5.91 Å². The Kier molecular flexibility index (Phi) is 6.06. The standard InChI is InChI=1S/C26H30N4O2/c31-20(18-29-13-15-30(16-14-29)26(32)19-7-2-1-3-8-19)17-27-25-21-9-4-5-11-23(21)28-24-12-6-10-22(24)25/h1-5,7-9,11,20,31H,6,10,12-18H2,(H,27,28). The average Bonchev–Trinajstić information content (AvgIpc) is 3.30. The van der Waals surface area contributed by atoms with E-state index in [4.69, 9.17) is 4.98 Å². The van der Waals surface area contributed by atoms with Crippen molar-refractivity contribution in [1.29, 1.82) is 0 Å². The van der Waals surface area contributed by atoms with Crippen LogP contribution >= 0.6 is 0 Å². The number of nitrogens with zero attached hydrogens (tertiary/aromatic N) is 3. The van der Waals surface area contributed by atoms with Crippen LogP contribution in [0.3, 0.4) is 0 Å². The summed E-state index contributed by atoms with van der Waals surface area (Å²) in [5, 5.41) is 15.4. The summed E-state index contributed by atoms with van der Waals surface area (Å²) in [6, 6.07) is 17.7. The van der Waals surface area contributed by atoms with Gasteiger partial charge in [0.1, 0.15) is 0 Å². The summed E-state index contributed by atoms with van der Waals surface area (Å²) in [4.78, 5) is 21.6. The SMILES string of the molecule is O=C(c1ccccc1)N1CCN(CC(O)CNc2c3c(nc4ccccc24)CCC3)CC1. The van der Waals surface area contributed by atoms with Crippen molar-refractivity contribution >= 4 is 22.5 Å². The second-order valence-electron chi connectivity index (χ2n) is 8.78. The second-order valence-corrected chi connectivity index (χ2v) is 8.78. The number of aryl methyl sites for hydroxylation is 1. The van der Waals surface area contributed by atoms with Crippen molar-refractivity contribution in [3.8, 4) is 0 Å². The zero-order valence-corrected chi connectivity index (χ0v) is 18.3. The molecule has 166 valence electrons. The number of aliphatic hydroxyl groups excluding tert-OH is 1. The molecule has 1 aliphatic carbocycles. The summed E-state index contributed by atoms with van der Waals surface area (Å²) in [6.07, 6.45) is 2.74. The number of benzene rings is 2. The maximum Gasteiger partial charge on any atom is 0.253 e. The molecule has 5 rings (SSSR count).